The van der Waals surface area contributed by atoms with E-state index in [-0.39, 0.29) is 11.8 Å². The third kappa shape index (κ3) is 3.55. The van der Waals surface area contributed by atoms with Crippen LogP contribution < -0.4 is 10.6 Å². The standard InChI is InChI=1S/C21H20N2O2S2/c24-19(17-9-5-13-26-17)22-15-7-1-2-8-16(15)23-20(25)21(11-3-4-12-21)18-10-6-14-27-18/h1-2,5-10,13-14H,3-4,11-12H2,(H,22,24)(H,23,25). The maximum absolute atomic E-state index is 13.3. The van der Waals surface area contributed by atoms with Crippen molar-refractivity contribution in [1.82, 2.24) is 0 Å². The van der Waals surface area contributed by atoms with Crippen molar-refractivity contribution in [1.29, 1.82) is 0 Å². The van der Waals surface area contributed by atoms with Gasteiger partial charge in [-0.15, -0.1) is 22.7 Å². The summed E-state index contributed by atoms with van der Waals surface area (Å²) >= 11 is 3.03. The van der Waals surface area contributed by atoms with E-state index in [1.165, 1.54) is 11.3 Å². The predicted molar refractivity (Wildman–Crippen MR) is 112 cm³/mol. The number of rotatable bonds is 5. The van der Waals surface area contributed by atoms with Crippen LogP contribution in [0.2, 0.25) is 0 Å². The van der Waals surface area contributed by atoms with Crippen LogP contribution in [0.25, 0.3) is 0 Å². The summed E-state index contributed by atoms with van der Waals surface area (Å²) in [4.78, 5) is 27.5. The third-order valence-corrected chi connectivity index (χ3v) is 7.00. The van der Waals surface area contributed by atoms with Gasteiger partial charge in [0, 0.05) is 4.88 Å². The summed E-state index contributed by atoms with van der Waals surface area (Å²) in [7, 11) is 0. The van der Waals surface area contributed by atoms with Gasteiger partial charge in [0.05, 0.1) is 21.7 Å². The average Bonchev–Trinajstić information content (AvgIpc) is 3.44. The number of hydrogen-bond acceptors (Lipinski definition) is 4. The first-order valence-corrected chi connectivity index (χ1v) is 10.7. The molecule has 1 saturated carbocycles. The molecular weight excluding hydrogens is 376 g/mol. The number of nitrogens with one attached hydrogen (secondary N) is 2. The zero-order chi connectivity index (χ0) is 18.7. The van der Waals surface area contributed by atoms with Crippen molar-refractivity contribution in [2.75, 3.05) is 10.6 Å². The van der Waals surface area contributed by atoms with Crippen LogP contribution in [0.1, 0.15) is 40.2 Å². The SMILES string of the molecule is O=C(Nc1ccccc1NC(=O)C1(c2cccs2)CCCC1)c1cccs1. The molecule has 1 aliphatic carbocycles. The number of amides is 2. The molecule has 1 fully saturated rings. The first-order valence-electron chi connectivity index (χ1n) is 8.98. The summed E-state index contributed by atoms with van der Waals surface area (Å²) in [5.74, 6) is -0.152. The number of benzene rings is 1. The highest BCUT2D eigenvalue weighted by molar-refractivity contribution is 7.12. The minimum absolute atomic E-state index is 0.0141. The number of thiophene rings is 2. The van der Waals surface area contributed by atoms with E-state index in [0.717, 1.165) is 30.6 Å². The molecule has 3 aromatic rings. The Hall–Kier alpha value is -2.44. The molecule has 2 heterocycles. The highest BCUT2D eigenvalue weighted by Crippen LogP contribution is 2.44. The van der Waals surface area contributed by atoms with Gasteiger partial charge in [0.25, 0.3) is 5.91 Å². The molecule has 1 aromatic carbocycles. The van der Waals surface area contributed by atoms with E-state index >= 15 is 0 Å². The fourth-order valence-corrected chi connectivity index (χ4v) is 5.25. The van der Waals surface area contributed by atoms with Gasteiger partial charge < -0.3 is 10.6 Å². The number of carbonyl (C=O) groups is 2. The Morgan fingerprint density at radius 1 is 0.815 bits per heavy atom. The van der Waals surface area contributed by atoms with E-state index in [9.17, 15) is 9.59 Å². The van der Waals surface area contributed by atoms with E-state index in [1.54, 1.807) is 17.4 Å². The number of para-hydroxylation sites is 2. The van der Waals surface area contributed by atoms with Crippen molar-refractivity contribution in [2.45, 2.75) is 31.1 Å². The third-order valence-electron chi connectivity index (χ3n) is 5.05. The van der Waals surface area contributed by atoms with Gasteiger partial charge in [0.15, 0.2) is 0 Å². The largest absolute Gasteiger partial charge is 0.323 e. The van der Waals surface area contributed by atoms with Gasteiger partial charge in [0.2, 0.25) is 5.91 Å². The average molecular weight is 397 g/mol. The molecule has 4 rings (SSSR count). The molecule has 2 amide bonds. The predicted octanol–water partition coefficient (Wildman–Crippen LogP) is 5.51. The van der Waals surface area contributed by atoms with Crippen LogP contribution in [0.3, 0.4) is 0 Å². The van der Waals surface area contributed by atoms with Crippen molar-refractivity contribution in [3.63, 3.8) is 0 Å². The summed E-state index contributed by atoms with van der Waals surface area (Å²) in [6.45, 7) is 0. The fraction of sp³-hybridized carbons (Fsp3) is 0.238. The first kappa shape index (κ1) is 17.9. The van der Waals surface area contributed by atoms with Gasteiger partial charge in [-0.25, -0.2) is 0 Å². The second-order valence-corrected chi connectivity index (χ2v) is 8.59. The molecule has 0 atom stereocenters. The lowest BCUT2D eigenvalue weighted by molar-refractivity contribution is -0.121. The van der Waals surface area contributed by atoms with Crippen LogP contribution in [0.5, 0.6) is 0 Å². The van der Waals surface area contributed by atoms with Crippen LogP contribution >= 0.6 is 22.7 Å². The molecule has 0 spiro atoms. The lowest BCUT2D eigenvalue weighted by Crippen LogP contribution is -2.37. The lowest BCUT2D eigenvalue weighted by atomic mass is 9.83. The Morgan fingerprint density at radius 3 is 2.11 bits per heavy atom. The van der Waals surface area contributed by atoms with Crippen molar-refractivity contribution < 1.29 is 9.59 Å². The van der Waals surface area contributed by atoms with Gasteiger partial charge >= 0.3 is 0 Å². The molecule has 6 heteroatoms. The number of hydrogen-bond donors (Lipinski definition) is 2. The van der Waals surface area contributed by atoms with E-state index in [4.69, 9.17) is 0 Å². The number of carbonyl (C=O) groups excluding carboxylic acids is 2. The van der Waals surface area contributed by atoms with Gasteiger partial charge in [-0.3, -0.25) is 9.59 Å². The second-order valence-electron chi connectivity index (χ2n) is 6.70. The van der Waals surface area contributed by atoms with Gasteiger partial charge in [-0.2, -0.15) is 0 Å². The van der Waals surface area contributed by atoms with Gasteiger partial charge in [-0.1, -0.05) is 37.1 Å². The topological polar surface area (TPSA) is 58.2 Å². The van der Waals surface area contributed by atoms with Gasteiger partial charge in [-0.05, 0) is 47.9 Å². The Balaban J connectivity index is 1.57. The zero-order valence-electron chi connectivity index (χ0n) is 14.7. The van der Waals surface area contributed by atoms with Crippen LogP contribution in [0, 0.1) is 0 Å². The molecule has 0 saturated heterocycles. The smallest absolute Gasteiger partial charge is 0.265 e. The molecule has 0 bridgehead atoms. The van der Waals surface area contributed by atoms with Crippen LogP contribution in [-0.4, -0.2) is 11.8 Å². The Morgan fingerprint density at radius 2 is 1.48 bits per heavy atom. The summed E-state index contributed by atoms with van der Waals surface area (Å²) in [5, 5.41) is 9.90. The molecule has 2 N–H and O–H groups in total. The lowest BCUT2D eigenvalue weighted by Gasteiger charge is -2.27. The van der Waals surface area contributed by atoms with E-state index < -0.39 is 5.41 Å². The van der Waals surface area contributed by atoms with Crippen molar-refractivity contribution in [2.24, 2.45) is 0 Å². The van der Waals surface area contributed by atoms with E-state index in [0.29, 0.717) is 16.3 Å². The molecule has 0 radical (unpaired) electrons. The fourth-order valence-electron chi connectivity index (χ4n) is 3.65. The highest BCUT2D eigenvalue weighted by atomic mass is 32.1. The summed E-state index contributed by atoms with van der Waals surface area (Å²) in [5.41, 5.74) is 0.790. The normalized spacial score (nSPS) is 15.4. The first-order chi connectivity index (χ1) is 13.2. The molecule has 0 aliphatic heterocycles. The van der Waals surface area contributed by atoms with Crippen molar-refractivity contribution in [3.05, 3.63) is 69.0 Å². The van der Waals surface area contributed by atoms with Crippen molar-refractivity contribution >= 4 is 45.9 Å². The number of anilines is 2. The van der Waals surface area contributed by atoms with Gasteiger partial charge in [0.1, 0.15) is 0 Å². The Labute approximate surface area is 166 Å². The zero-order valence-corrected chi connectivity index (χ0v) is 16.4. The minimum Gasteiger partial charge on any atom is -0.323 e. The summed E-state index contributed by atoms with van der Waals surface area (Å²) < 4.78 is 0. The summed E-state index contributed by atoms with van der Waals surface area (Å²) in [6, 6.07) is 15.0. The monoisotopic (exact) mass is 396 g/mol. The van der Waals surface area contributed by atoms with E-state index in [1.807, 2.05) is 47.2 Å². The minimum atomic E-state index is -0.459. The molecule has 0 unspecified atom stereocenters. The van der Waals surface area contributed by atoms with Crippen molar-refractivity contribution in [3.8, 4) is 0 Å². The maximum Gasteiger partial charge on any atom is 0.265 e. The molecule has 4 nitrogen and oxygen atoms in total. The van der Waals surface area contributed by atoms with Crippen LogP contribution in [0.4, 0.5) is 11.4 Å². The van der Waals surface area contributed by atoms with E-state index in [2.05, 4.69) is 16.7 Å². The summed E-state index contributed by atoms with van der Waals surface area (Å²) in [6.07, 6.45) is 3.84. The van der Waals surface area contributed by atoms with Crippen LogP contribution in [0.15, 0.2) is 59.3 Å². The molecular formula is C21H20N2O2S2. The highest BCUT2D eigenvalue weighted by Gasteiger charge is 2.43. The molecule has 1 aliphatic rings. The Bertz CT molecular complexity index is 927. The molecule has 2 aromatic heterocycles. The maximum atomic E-state index is 13.3. The molecule has 27 heavy (non-hydrogen) atoms. The van der Waals surface area contributed by atoms with Crippen LogP contribution in [-0.2, 0) is 10.2 Å². The Kier molecular flexibility index (Phi) is 5.09. The second kappa shape index (κ2) is 7.66. The molecule has 138 valence electrons. The quantitative estimate of drug-likeness (QED) is 0.597.